The third-order valence-corrected chi connectivity index (χ3v) is 0.453. The Bertz CT molecular complexity index is 115. The topological polar surface area (TPSA) is 0 Å². The first-order valence-electron chi connectivity index (χ1n) is 2.10. The second-order valence-corrected chi connectivity index (χ2v) is 1.03. The molecule has 0 radical (unpaired) electrons. The molecule has 0 saturated carbocycles. The average Bonchev–Trinajstić information content (AvgIpc) is 1.69. The molecule has 0 aromatic carbocycles. The van der Waals surface area contributed by atoms with Gasteiger partial charge in [-0.3, -0.25) is 0 Å². The monoisotopic (exact) mass is 90.0 g/mol. The van der Waals surface area contributed by atoms with Crippen LogP contribution in [0, 0.1) is 31.1 Å². The summed E-state index contributed by atoms with van der Waals surface area (Å²) >= 11 is 0. The first-order chi connectivity index (χ1) is 3.41. The van der Waals surface area contributed by atoms with Crippen LogP contribution < -0.4 is 0 Å². The molecule has 0 atom stereocenters. The van der Waals surface area contributed by atoms with Gasteiger partial charge in [0.1, 0.15) is 0 Å². The summed E-state index contributed by atoms with van der Waals surface area (Å²) in [5.41, 5.74) is 0. The predicted octanol–water partition coefficient (Wildman–Crippen LogP) is 1.19. The van der Waals surface area contributed by atoms with E-state index in [4.69, 9.17) is 6.42 Å². The van der Waals surface area contributed by atoms with Crippen molar-refractivity contribution in [2.24, 2.45) is 0 Å². The van der Waals surface area contributed by atoms with Crippen LogP contribution in [-0.4, -0.2) is 0 Å². The number of hydrogen-bond donors (Lipinski definition) is 0. The Hall–Kier alpha value is -0.660. The summed E-state index contributed by atoms with van der Waals surface area (Å²) in [7, 11) is 0. The SMILES string of the molecule is [C+]#CC#CCC[CH2-]. The standard InChI is InChI=1S/C7H6/c1-3-5-7-6-4-2/h1,3,5H2. The van der Waals surface area contributed by atoms with E-state index in [1.54, 1.807) is 0 Å². The van der Waals surface area contributed by atoms with Gasteiger partial charge in [0.05, 0.1) is 0 Å². The van der Waals surface area contributed by atoms with Gasteiger partial charge in [-0.1, -0.05) is 0 Å². The van der Waals surface area contributed by atoms with Crippen molar-refractivity contribution < 1.29 is 0 Å². The zero-order valence-electron chi connectivity index (χ0n) is 4.12. The van der Waals surface area contributed by atoms with Crippen LogP contribution in [0.25, 0.3) is 0 Å². The average molecular weight is 90.1 g/mol. The van der Waals surface area contributed by atoms with Gasteiger partial charge in [-0.05, 0) is 0 Å². The van der Waals surface area contributed by atoms with E-state index < -0.39 is 0 Å². The van der Waals surface area contributed by atoms with E-state index in [2.05, 4.69) is 18.8 Å². The Morgan fingerprint density at radius 1 is 1.57 bits per heavy atom. The van der Waals surface area contributed by atoms with Crippen LogP contribution in [0.4, 0.5) is 0 Å². The molecule has 0 heterocycles. The fourth-order valence-electron chi connectivity index (χ4n) is 0.195. The first kappa shape index (κ1) is 6.34. The van der Waals surface area contributed by atoms with Crippen molar-refractivity contribution in [2.75, 3.05) is 0 Å². The molecule has 0 nitrogen and oxygen atoms in total. The van der Waals surface area contributed by atoms with Crippen LogP contribution in [-0.2, 0) is 0 Å². The summed E-state index contributed by atoms with van der Waals surface area (Å²) in [6.07, 6.45) is 7.92. The van der Waals surface area contributed by atoms with E-state index in [0.717, 1.165) is 12.8 Å². The molecule has 7 heavy (non-hydrogen) atoms. The molecule has 0 unspecified atom stereocenters. The van der Waals surface area contributed by atoms with Gasteiger partial charge in [-0.15, -0.1) is 0 Å². The summed E-state index contributed by atoms with van der Waals surface area (Å²) in [5, 5.41) is 0. The fraction of sp³-hybridized carbons (Fsp3) is 0.286. The molecule has 0 spiro atoms. The Balaban J connectivity index is 3.13. The molecule has 34 valence electrons. The second-order valence-electron chi connectivity index (χ2n) is 1.03. The fourth-order valence-corrected chi connectivity index (χ4v) is 0.195. The van der Waals surface area contributed by atoms with Crippen LogP contribution >= 0.6 is 0 Å². The second kappa shape index (κ2) is 5.34. The Kier molecular flexibility index (Phi) is 4.84. The first-order valence-corrected chi connectivity index (χ1v) is 2.10. The van der Waals surface area contributed by atoms with E-state index in [0.29, 0.717) is 0 Å². The maximum absolute atomic E-state index is 6.34. The van der Waals surface area contributed by atoms with Crippen molar-refractivity contribution in [3.8, 4) is 17.8 Å². The molecule has 0 aromatic rings. The van der Waals surface area contributed by atoms with E-state index in [-0.39, 0.29) is 0 Å². The molecular weight excluding hydrogens is 84.1 g/mol. The molecular formula is C7H6. The maximum atomic E-state index is 6.34. The Labute approximate surface area is 44.9 Å². The van der Waals surface area contributed by atoms with Gasteiger partial charge in [0, 0.05) is 0 Å². The quantitative estimate of drug-likeness (QED) is 0.335. The molecule has 0 rings (SSSR count). The van der Waals surface area contributed by atoms with Gasteiger partial charge in [-0.25, -0.2) is 0 Å². The van der Waals surface area contributed by atoms with Gasteiger partial charge in [0.2, 0.25) is 0 Å². The van der Waals surface area contributed by atoms with Gasteiger partial charge in [-0.2, -0.15) is 0 Å². The van der Waals surface area contributed by atoms with Crippen molar-refractivity contribution in [3.05, 3.63) is 13.3 Å². The third-order valence-electron chi connectivity index (χ3n) is 0.453. The molecule has 0 bridgehead atoms. The van der Waals surface area contributed by atoms with E-state index in [9.17, 15) is 0 Å². The molecule has 0 amide bonds. The minimum atomic E-state index is 0.770. The zero-order valence-corrected chi connectivity index (χ0v) is 4.12. The van der Waals surface area contributed by atoms with E-state index in [1.807, 2.05) is 5.92 Å². The molecule has 0 heteroatoms. The van der Waals surface area contributed by atoms with Crippen molar-refractivity contribution in [1.82, 2.24) is 0 Å². The van der Waals surface area contributed by atoms with Crippen molar-refractivity contribution in [2.45, 2.75) is 12.8 Å². The molecule has 0 aromatic heterocycles. The molecule has 0 N–H and O–H groups in total. The summed E-state index contributed by atoms with van der Waals surface area (Å²) in [6, 6.07) is 0. The van der Waals surface area contributed by atoms with Gasteiger partial charge >= 0.3 is 44.0 Å². The van der Waals surface area contributed by atoms with Crippen LogP contribution in [0.2, 0.25) is 0 Å². The van der Waals surface area contributed by atoms with Gasteiger partial charge in [0.25, 0.3) is 0 Å². The van der Waals surface area contributed by atoms with Crippen LogP contribution in [0.15, 0.2) is 0 Å². The molecule has 0 saturated heterocycles. The number of rotatable bonds is 1. The Morgan fingerprint density at radius 3 is 2.71 bits per heavy atom. The van der Waals surface area contributed by atoms with Gasteiger partial charge < -0.3 is 0 Å². The number of hydrogen-bond acceptors (Lipinski definition) is 0. The zero-order chi connectivity index (χ0) is 5.54. The summed E-state index contributed by atoms with van der Waals surface area (Å²) in [6.45, 7) is 3.57. The number of unbranched alkanes of at least 4 members (excludes halogenated alkanes) is 1. The molecule has 0 fully saturated rings. The van der Waals surface area contributed by atoms with Crippen molar-refractivity contribution >= 4 is 0 Å². The van der Waals surface area contributed by atoms with Crippen LogP contribution in [0.1, 0.15) is 12.8 Å². The van der Waals surface area contributed by atoms with Crippen molar-refractivity contribution in [1.29, 1.82) is 0 Å². The van der Waals surface area contributed by atoms with Crippen LogP contribution in [0.5, 0.6) is 0 Å². The normalized spacial score (nSPS) is 6.14. The van der Waals surface area contributed by atoms with E-state index in [1.165, 1.54) is 0 Å². The molecule has 0 aliphatic heterocycles. The third kappa shape index (κ3) is 5.34. The van der Waals surface area contributed by atoms with Gasteiger partial charge in [0.15, 0.2) is 0 Å². The van der Waals surface area contributed by atoms with Crippen LogP contribution in [0.3, 0.4) is 0 Å². The summed E-state index contributed by atoms with van der Waals surface area (Å²) < 4.78 is 0. The summed E-state index contributed by atoms with van der Waals surface area (Å²) in [5.74, 6) is 7.01. The minimum absolute atomic E-state index is 0.770. The molecule has 0 aliphatic carbocycles. The molecule has 0 aliphatic rings. The van der Waals surface area contributed by atoms with E-state index >= 15 is 0 Å². The summed E-state index contributed by atoms with van der Waals surface area (Å²) in [4.78, 5) is 0. The van der Waals surface area contributed by atoms with Crippen molar-refractivity contribution in [3.63, 3.8) is 0 Å². The Morgan fingerprint density at radius 2 is 2.29 bits per heavy atom. The predicted molar refractivity (Wildman–Crippen MR) is 29.5 cm³/mol.